The highest BCUT2D eigenvalue weighted by molar-refractivity contribution is 5.80. The molecular weight excluding hydrogens is 140 g/mol. The van der Waals surface area contributed by atoms with Gasteiger partial charge in [0.05, 0.1) is 17.0 Å². The molecule has 0 aliphatic carbocycles. The van der Waals surface area contributed by atoms with Crippen molar-refractivity contribution < 1.29 is 0 Å². The molecular formula is C7H5N4+. The van der Waals surface area contributed by atoms with Crippen LogP contribution in [0.3, 0.4) is 0 Å². The summed E-state index contributed by atoms with van der Waals surface area (Å²) >= 11 is 0. The molecule has 0 fully saturated rings. The predicted octanol–water partition coefficient (Wildman–Crippen LogP) is 2.05. The zero-order valence-electron chi connectivity index (χ0n) is 5.65. The van der Waals surface area contributed by atoms with Gasteiger partial charge in [-0.25, -0.2) is 0 Å². The first-order valence-corrected chi connectivity index (χ1v) is 3.18. The van der Waals surface area contributed by atoms with Gasteiger partial charge in [0, 0.05) is 16.6 Å². The fraction of sp³-hybridized carbons (Fsp3) is 0. The maximum atomic E-state index is 8.39. The van der Waals surface area contributed by atoms with Crippen LogP contribution in [-0.4, -0.2) is 9.97 Å². The Morgan fingerprint density at radius 3 is 3.27 bits per heavy atom. The van der Waals surface area contributed by atoms with Crippen molar-refractivity contribution in [3.05, 3.63) is 29.5 Å². The van der Waals surface area contributed by atoms with E-state index in [1.165, 1.54) is 0 Å². The number of rotatable bonds is 0. The number of nitrogens with one attached hydrogen (secondary N) is 1. The van der Waals surface area contributed by atoms with Crippen LogP contribution in [0.25, 0.3) is 15.9 Å². The van der Waals surface area contributed by atoms with Gasteiger partial charge >= 0.3 is 5.82 Å². The Bertz CT molecular complexity index is 423. The summed E-state index contributed by atoms with van der Waals surface area (Å²) in [4.78, 5) is 9.81. The van der Waals surface area contributed by atoms with Crippen LogP contribution in [0.1, 0.15) is 0 Å². The second-order valence-corrected chi connectivity index (χ2v) is 2.21. The summed E-state index contributed by atoms with van der Waals surface area (Å²) in [6.07, 6.45) is 3.44. The lowest BCUT2D eigenvalue weighted by atomic mass is 10.3. The molecule has 0 aromatic carbocycles. The molecule has 0 atom stereocenters. The first-order valence-electron chi connectivity index (χ1n) is 3.18. The SMILES string of the molecule is N#[N+]c1cc2cc[nH]c2cn1. The summed E-state index contributed by atoms with van der Waals surface area (Å²) in [5, 5.41) is 9.38. The highest BCUT2D eigenvalue weighted by Gasteiger charge is 2.06. The van der Waals surface area contributed by atoms with Crippen molar-refractivity contribution in [1.29, 1.82) is 5.39 Å². The van der Waals surface area contributed by atoms with Gasteiger partial charge in [-0.15, -0.1) is 0 Å². The molecule has 0 aliphatic heterocycles. The third-order valence-corrected chi connectivity index (χ3v) is 1.53. The lowest BCUT2D eigenvalue weighted by Crippen LogP contribution is -1.71. The minimum absolute atomic E-state index is 0.331. The van der Waals surface area contributed by atoms with E-state index >= 15 is 0 Å². The van der Waals surface area contributed by atoms with Crippen LogP contribution in [-0.2, 0) is 0 Å². The van der Waals surface area contributed by atoms with Gasteiger partial charge < -0.3 is 4.98 Å². The van der Waals surface area contributed by atoms with Crippen molar-refractivity contribution in [2.24, 2.45) is 0 Å². The van der Waals surface area contributed by atoms with Crippen molar-refractivity contribution in [2.45, 2.75) is 0 Å². The van der Waals surface area contributed by atoms with E-state index in [9.17, 15) is 0 Å². The Balaban J connectivity index is 2.79. The van der Waals surface area contributed by atoms with E-state index in [0.717, 1.165) is 10.9 Å². The second kappa shape index (κ2) is 2.06. The quantitative estimate of drug-likeness (QED) is 0.576. The van der Waals surface area contributed by atoms with Gasteiger partial charge in [0.25, 0.3) is 0 Å². The minimum Gasteiger partial charge on any atom is -0.358 e. The molecule has 52 valence electrons. The molecule has 11 heavy (non-hydrogen) atoms. The molecule has 0 aliphatic rings. The molecule has 4 heteroatoms. The predicted molar refractivity (Wildman–Crippen MR) is 40.8 cm³/mol. The topological polar surface area (TPSA) is 56.8 Å². The van der Waals surface area contributed by atoms with Crippen molar-refractivity contribution in [2.75, 3.05) is 0 Å². The summed E-state index contributed by atoms with van der Waals surface area (Å²) in [7, 11) is 0. The van der Waals surface area contributed by atoms with E-state index in [2.05, 4.69) is 14.9 Å². The number of pyridine rings is 1. The third kappa shape index (κ3) is 0.829. The highest BCUT2D eigenvalue weighted by Crippen LogP contribution is 2.16. The Morgan fingerprint density at radius 1 is 1.55 bits per heavy atom. The molecule has 4 nitrogen and oxygen atoms in total. The van der Waals surface area contributed by atoms with Crippen LogP contribution in [0.2, 0.25) is 0 Å². The Morgan fingerprint density at radius 2 is 2.45 bits per heavy atom. The van der Waals surface area contributed by atoms with Crippen LogP contribution < -0.4 is 0 Å². The summed E-state index contributed by atoms with van der Waals surface area (Å²) < 4.78 is 0. The van der Waals surface area contributed by atoms with E-state index in [1.807, 2.05) is 12.3 Å². The molecule has 2 aromatic rings. The van der Waals surface area contributed by atoms with E-state index in [4.69, 9.17) is 5.39 Å². The van der Waals surface area contributed by atoms with Crippen LogP contribution in [0.5, 0.6) is 0 Å². The first kappa shape index (κ1) is 5.86. The molecule has 2 heterocycles. The number of fused-ring (bicyclic) bond motifs is 1. The second-order valence-electron chi connectivity index (χ2n) is 2.21. The lowest BCUT2D eigenvalue weighted by Gasteiger charge is -1.78. The van der Waals surface area contributed by atoms with E-state index in [1.54, 1.807) is 12.3 Å². The molecule has 0 radical (unpaired) electrons. The molecule has 0 saturated heterocycles. The van der Waals surface area contributed by atoms with Crippen LogP contribution in [0.15, 0.2) is 24.5 Å². The van der Waals surface area contributed by atoms with Gasteiger partial charge in [0.15, 0.2) is 6.20 Å². The summed E-state index contributed by atoms with van der Waals surface area (Å²) in [6, 6.07) is 3.59. The van der Waals surface area contributed by atoms with Crippen LogP contribution >= 0.6 is 0 Å². The van der Waals surface area contributed by atoms with Crippen molar-refractivity contribution >= 4 is 16.7 Å². The monoisotopic (exact) mass is 145 g/mol. The number of aromatic nitrogens is 2. The zero-order valence-corrected chi connectivity index (χ0v) is 5.65. The fourth-order valence-electron chi connectivity index (χ4n) is 0.994. The van der Waals surface area contributed by atoms with E-state index in [-0.39, 0.29) is 0 Å². The number of hydrogen-bond donors (Lipinski definition) is 1. The van der Waals surface area contributed by atoms with Gasteiger partial charge in [0.1, 0.15) is 0 Å². The molecule has 0 spiro atoms. The summed E-state index contributed by atoms with van der Waals surface area (Å²) in [5.41, 5.74) is 0.942. The number of nitrogens with zero attached hydrogens (tertiary/aromatic N) is 3. The van der Waals surface area contributed by atoms with Crippen LogP contribution in [0.4, 0.5) is 5.82 Å². The third-order valence-electron chi connectivity index (χ3n) is 1.53. The lowest BCUT2D eigenvalue weighted by molar-refractivity contribution is 1.32. The summed E-state index contributed by atoms with van der Waals surface area (Å²) in [6.45, 7) is 0. The zero-order chi connectivity index (χ0) is 7.68. The molecule has 0 bridgehead atoms. The number of diazo groups is 1. The smallest absolute Gasteiger partial charge is 0.358 e. The van der Waals surface area contributed by atoms with E-state index in [0.29, 0.717) is 5.82 Å². The standard InChI is InChI=1S/C7H5N4/c8-11-7-3-5-1-2-9-6(5)4-10-7/h1-4,9H/q+1. The highest BCUT2D eigenvalue weighted by atomic mass is 15.0. The number of hydrogen-bond acceptors (Lipinski definition) is 2. The first-order chi connectivity index (χ1) is 5.40. The molecule has 2 rings (SSSR count). The maximum Gasteiger partial charge on any atom is 0.465 e. The Hall–Kier alpha value is -1.89. The average molecular weight is 145 g/mol. The van der Waals surface area contributed by atoms with Gasteiger partial charge in [-0.2, -0.15) is 0 Å². The van der Waals surface area contributed by atoms with Crippen LogP contribution in [0, 0.1) is 5.39 Å². The van der Waals surface area contributed by atoms with Crippen molar-refractivity contribution in [3.8, 4) is 0 Å². The largest absolute Gasteiger partial charge is 0.465 e. The average Bonchev–Trinajstić information content (AvgIpc) is 2.50. The van der Waals surface area contributed by atoms with Gasteiger partial charge in [-0.05, 0) is 11.1 Å². The fourth-order valence-corrected chi connectivity index (χ4v) is 0.994. The number of H-pyrrole nitrogens is 1. The summed E-state index contributed by atoms with van der Waals surface area (Å²) in [5.74, 6) is 0.331. The van der Waals surface area contributed by atoms with E-state index < -0.39 is 0 Å². The minimum atomic E-state index is 0.331. The maximum absolute atomic E-state index is 8.39. The van der Waals surface area contributed by atoms with Gasteiger partial charge in [-0.3, -0.25) is 0 Å². The van der Waals surface area contributed by atoms with Crippen molar-refractivity contribution in [3.63, 3.8) is 0 Å². The van der Waals surface area contributed by atoms with Gasteiger partial charge in [-0.1, -0.05) is 0 Å². The molecule has 2 aromatic heterocycles. The van der Waals surface area contributed by atoms with Gasteiger partial charge in [0.2, 0.25) is 0 Å². The molecule has 1 N–H and O–H groups in total. The normalized spacial score (nSPS) is 9.73. The molecule has 0 unspecified atom stereocenters. The molecule has 0 amide bonds. The number of aromatic amines is 1. The Kier molecular flexibility index (Phi) is 1.10. The molecule has 0 saturated carbocycles. The Labute approximate surface area is 62.5 Å². The van der Waals surface area contributed by atoms with Crippen molar-refractivity contribution in [1.82, 2.24) is 9.97 Å².